The minimum absolute atomic E-state index is 0.162. The number of amides is 2. The van der Waals surface area contributed by atoms with E-state index < -0.39 is 0 Å². The van der Waals surface area contributed by atoms with Crippen molar-refractivity contribution in [1.29, 1.82) is 0 Å². The Morgan fingerprint density at radius 1 is 1.15 bits per heavy atom. The number of carbonyl (C=O) groups is 2. The average Bonchev–Trinajstić information content (AvgIpc) is 3.43. The molecule has 0 saturated heterocycles. The van der Waals surface area contributed by atoms with Crippen LogP contribution < -0.4 is 16.4 Å². The van der Waals surface area contributed by atoms with Gasteiger partial charge in [-0.05, 0) is 30.2 Å². The van der Waals surface area contributed by atoms with Crippen LogP contribution in [0.5, 0.6) is 0 Å². The van der Waals surface area contributed by atoms with E-state index in [9.17, 15) is 9.59 Å². The first kappa shape index (κ1) is 21.5. The van der Waals surface area contributed by atoms with Gasteiger partial charge in [0.25, 0.3) is 11.8 Å². The van der Waals surface area contributed by atoms with Crippen LogP contribution in [-0.4, -0.2) is 43.0 Å². The number of H-pyrrole nitrogens is 1. The Balaban J connectivity index is 1.35. The van der Waals surface area contributed by atoms with Crippen LogP contribution in [0.15, 0.2) is 11.6 Å². The standard InChI is InChI=1S/C22H26N8O2S/c1-22(2)8-11-9-24-20(23)27-15(11)16-14(22)17(30-29-16)19(32)28-21-26-13(10-33-21)18(31)25-12-6-4-3-5-7-12/h9-10,12H,3-8H2,1-2H3,(H,25,31)(H,29,30)(H2,23,24,27)(H,26,28,32). The summed E-state index contributed by atoms with van der Waals surface area (Å²) in [6, 6.07) is 0.200. The second-order valence-electron chi connectivity index (χ2n) is 9.29. The molecule has 0 spiro atoms. The zero-order valence-electron chi connectivity index (χ0n) is 18.6. The Morgan fingerprint density at radius 3 is 2.73 bits per heavy atom. The van der Waals surface area contributed by atoms with Gasteiger partial charge in [-0.25, -0.2) is 15.0 Å². The zero-order chi connectivity index (χ0) is 23.2. The van der Waals surface area contributed by atoms with Crippen molar-refractivity contribution in [3.63, 3.8) is 0 Å². The lowest BCUT2D eigenvalue weighted by atomic mass is 9.73. The van der Waals surface area contributed by atoms with E-state index in [1.54, 1.807) is 11.6 Å². The number of nitrogens with one attached hydrogen (secondary N) is 3. The van der Waals surface area contributed by atoms with E-state index in [2.05, 4.69) is 49.6 Å². The van der Waals surface area contributed by atoms with Gasteiger partial charge in [0.2, 0.25) is 5.95 Å². The third-order valence-electron chi connectivity index (χ3n) is 6.31. The first-order valence-electron chi connectivity index (χ1n) is 11.1. The molecular weight excluding hydrogens is 440 g/mol. The van der Waals surface area contributed by atoms with Crippen molar-refractivity contribution < 1.29 is 9.59 Å². The van der Waals surface area contributed by atoms with E-state index in [0.29, 0.717) is 34.3 Å². The molecule has 1 saturated carbocycles. The van der Waals surface area contributed by atoms with Crippen molar-refractivity contribution in [2.75, 3.05) is 11.1 Å². The summed E-state index contributed by atoms with van der Waals surface area (Å²) in [6.07, 6.45) is 7.86. The number of carbonyl (C=O) groups excluding carboxylic acids is 2. The van der Waals surface area contributed by atoms with Crippen LogP contribution in [0.3, 0.4) is 0 Å². The monoisotopic (exact) mass is 466 g/mol. The summed E-state index contributed by atoms with van der Waals surface area (Å²) in [7, 11) is 0. The van der Waals surface area contributed by atoms with Crippen LogP contribution in [0.25, 0.3) is 11.4 Å². The fraction of sp³-hybridized carbons (Fsp3) is 0.455. The summed E-state index contributed by atoms with van der Waals surface area (Å²) in [5, 5.41) is 15.1. The number of hydrogen-bond donors (Lipinski definition) is 4. The van der Waals surface area contributed by atoms with E-state index in [-0.39, 0.29) is 29.2 Å². The smallest absolute Gasteiger partial charge is 0.275 e. The zero-order valence-corrected chi connectivity index (χ0v) is 19.4. The molecule has 0 atom stereocenters. The number of nitrogens with two attached hydrogens (primary N) is 1. The Hall–Kier alpha value is -3.34. The molecule has 5 N–H and O–H groups in total. The maximum atomic E-state index is 13.1. The second kappa shape index (κ2) is 8.22. The van der Waals surface area contributed by atoms with Crippen molar-refractivity contribution >= 4 is 34.2 Å². The van der Waals surface area contributed by atoms with E-state index in [4.69, 9.17) is 5.73 Å². The number of nitrogens with zero attached hydrogens (tertiary/aromatic N) is 4. The van der Waals surface area contributed by atoms with Gasteiger partial charge in [-0.3, -0.25) is 20.0 Å². The number of fused-ring (bicyclic) bond motifs is 3. The molecule has 2 aliphatic carbocycles. The summed E-state index contributed by atoms with van der Waals surface area (Å²) in [4.78, 5) is 38.4. The minimum Gasteiger partial charge on any atom is -0.368 e. The number of nitrogen functional groups attached to an aromatic ring is 1. The molecule has 0 bridgehead atoms. The summed E-state index contributed by atoms with van der Waals surface area (Å²) in [6.45, 7) is 4.10. The SMILES string of the molecule is CC1(C)Cc2cnc(N)nc2-c2n[nH]c(C(=O)Nc3nc(C(=O)NC4CCCCC4)cs3)c21. The maximum Gasteiger partial charge on any atom is 0.275 e. The first-order valence-corrected chi connectivity index (χ1v) is 12.0. The molecule has 0 radical (unpaired) electrons. The van der Waals surface area contributed by atoms with Crippen molar-refractivity contribution in [3.05, 3.63) is 34.1 Å². The lowest BCUT2D eigenvalue weighted by Gasteiger charge is -2.30. The van der Waals surface area contributed by atoms with Crippen molar-refractivity contribution in [2.24, 2.45) is 0 Å². The fourth-order valence-corrected chi connectivity index (χ4v) is 5.44. The normalized spacial score (nSPS) is 17.2. The van der Waals surface area contributed by atoms with E-state index in [1.165, 1.54) is 17.8 Å². The van der Waals surface area contributed by atoms with E-state index in [0.717, 1.165) is 36.8 Å². The van der Waals surface area contributed by atoms with Gasteiger partial charge in [0.15, 0.2) is 5.13 Å². The van der Waals surface area contributed by atoms with Gasteiger partial charge < -0.3 is 11.1 Å². The lowest BCUT2D eigenvalue weighted by Crippen LogP contribution is -2.36. The van der Waals surface area contributed by atoms with Crippen LogP contribution in [0, 0.1) is 0 Å². The van der Waals surface area contributed by atoms with Gasteiger partial charge in [0.05, 0.1) is 5.69 Å². The number of thiazole rings is 1. The quantitative estimate of drug-likeness (QED) is 0.461. The van der Waals surface area contributed by atoms with Gasteiger partial charge in [-0.2, -0.15) is 5.10 Å². The van der Waals surface area contributed by atoms with Crippen LogP contribution in [-0.2, 0) is 11.8 Å². The Kier molecular flexibility index (Phi) is 5.35. The molecule has 2 amide bonds. The van der Waals surface area contributed by atoms with Gasteiger partial charge >= 0.3 is 0 Å². The minimum atomic E-state index is -0.366. The molecule has 2 aliphatic rings. The van der Waals surface area contributed by atoms with Crippen LogP contribution >= 0.6 is 11.3 Å². The number of rotatable bonds is 4. The average molecular weight is 467 g/mol. The Bertz CT molecular complexity index is 1220. The number of anilines is 2. The predicted octanol–water partition coefficient (Wildman–Crippen LogP) is 3.05. The van der Waals surface area contributed by atoms with Crippen LogP contribution in [0.4, 0.5) is 11.1 Å². The summed E-state index contributed by atoms with van der Waals surface area (Å²) < 4.78 is 0. The molecule has 3 aromatic rings. The molecule has 3 aromatic heterocycles. The Morgan fingerprint density at radius 2 is 1.94 bits per heavy atom. The van der Waals surface area contributed by atoms with Crippen molar-refractivity contribution in [3.8, 4) is 11.4 Å². The highest BCUT2D eigenvalue weighted by Crippen LogP contribution is 2.42. The molecule has 1 fully saturated rings. The predicted molar refractivity (Wildman–Crippen MR) is 125 cm³/mol. The number of aromatic amines is 1. The third-order valence-corrected chi connectivity index (χ3v) is 7.07. The highest BCUT2D eigenvalue weighted by molar-refractivity contribution is 7.14. The van der Waals surface area contributed by atoms with Gasteiger partial charge in [0.1, 0.15) is 17.1 Å². The van der Waals surface area contributed by atoms with E-state index >= 15 is 0 Å². The molecule has 5 rings (SSSR count). The summed E-state index contributed by atoms with van der Waals surface area (Å²) in [5.74, 6) is -0.404. The van der Waals surface area contributed by atoms with Crippen LogP contribution in [0.2, 0.25) is 0 Å². The van der Waals surface area contributed by atoms with Crippen molar-refractivity contribution in [2.45, 2.75) is 63.8 Å². The topological polar surface area (TPSA) is 152 Å². The molecule has 0 unspecified atom stereocenters. The molecule has 0 aromatic carbocycles. The highest BCUT2D eigenvalue weighted by atomic mass is 32.1. The molecule has 11 heteroatoms. The van der Waals surface area contributed by atoms with Crippen molar-refractivity contribution in [1.82, 2.24) is 30.5 Å². The second-order valence-corrected chi connectivity index (χ2v) is 10.1. The number of aromatic nitrogens is 5. The molecular formula is C22H26N8O2S. The lowest BCUT2D eigenvalue weighted by molar-refractivity contribution is 0.0922. The van der Waals surface area contributed by atoms with Gasteiger partial charge in [-0.15, -0.1) is 11.3 Å². The molecule has 3 heterocycles. The van der Waals surface area contributed by atoms with Gasteiger partial charge in [0, 0.05) is 23.2 Å². The fourth-order valence-electron chi connectivity index (χ4n) is 4.76. The largest absolute Gasteiger partial charge is 0.368 e. The third kappa shape index (κ3) is 4.08. The van der Waals surface area contributed by atoms with Gasteiger partial charge in [-0.1, -0.05) is 33.1 Å². The summed E-state index contributed by atoms with van der Waals surface area (Å²) in [5.41, 5.74) is 9.04. The molecule has 0 aliphatic heterocycles. The highest BCUT2D eigenvalue weighted by Gasteiger charge is 2.38. The molecule has 10 nitrogen and oxygen atoms in total. The van der Waals surface area contributed by atoms with Crippen LogP contribution in [0.1, 0.15) is 78.1 Å². The Labute approximate surface area is 194 Å². The van der Waals surface area contributed by atoms with E-state index in [1.807, 2.05) is 0 Å². The number of hydrogen-bond acceptors (Lipinski definition) is 8. The molecule has 172 valence electrons. The first-order chi connectivity index (χ1) is 15.8. The summed E-state index contributed by atoms with van der Waals surface area (Å²) >= 11 is 1.22. The molecule has 33 heavy (non-hydrogen) atoms. The maximum absolute atomic E-state index is 13.1.